The number of nitrogens with zero attached hydrogens (tertiary/aromatic N) is 3. The molecule has 24 heavy (non-hydrogen) atoms. The van der Waals surface area contributed by atoms with Crippen molar-refractivity contribution in [2.24, 2.45) is 5.92 Å². The topological polar surface area (TPSA) is 90.4 Å². The molecule has 2 rings (SSSR count). The van der Waals surface area contributed by atoms with E-state index in [2.05, 4.69) is 6.07 Å². The lowest BCUT2D eigenvalue weighted by Crippen LogP contribution is -2.28. The van der Waals surface area contributed by atoms with Crippen molar-refractivity contribution in [1.82, 2.24) is 4.90 Å². The smallest absolute Gasteiger partial charge is 0.269 e. The monoisotopic (exact) mass is 325 g/mol. The maximum atomic E-state index is 10.7. The van der Waals surface area contributed by atoms with Crippen LogP contribution in [-0.2, 0) is 6.54 Å². The summed E-state index contributed by atoms with van der Waals surface area (Å²) in [5, 5.41) is 30.5. The minimum atomic E-state index is -0.992. The van der Waals surface area contributed by atoms with E-state index in [1.165, 1.54) is 24.3 Å². The van der Waals surface area contributed by atoms with E-state index in [0.717, 1.165) is 5.56 Å². The number of aliphatic hydroxyl groups is 1. The number of nitro groups is 1. The lowest BCUT2D eigenvalue weighted by Gasteiger charge is -2.23. The van der Waals surface area contributed by atoms with Gasteiger partial charge in [-0.3, -0.25) is 10.1 Å². The number of nitro benzene ring substituents is 1. The molecule has 0 bridgehead atoms. The molecule has 0 saturated heterocycles. The van der Waals surface area contributed by atoms with E-state index in [9.17, 15) is 20.5 Å². The molecule has 0 heterocycles. The normalized spacial score (nSPS) is 13.2. The predicted octanol–water partition coefficient (Wildman–Crippen LogP) is 2.90. The first kappa shape index (κ1) is 17.6. The average molecular weight is 325 g/mol. The highest BCUT2D eigenvalue weighted by molar-refractivity contribution is 5.34. The summed E-state index contributed by atoms with van der Waals surface area (Å²) in [6.07, 6.45) is -0.992. The highest BCUT2D eigenvalue weighted by Crippen LogP contribution is 2.24. The first-order valence-corrected chi connectivity index (χ1v) is 7.55. The molecule has 0 aliphatic rings. The third kappa shape index (κ3) is 4.62. The van der Waals surface area contributed by atoms with Gasteiger partial charge in [-0.15, -0.1) is 0 Å². The second-order valence-corrected chi connectivity index (χ2v) is 5.71. The van der Waals surface area contributed by atoms with Gasteiger partial charge in [0, 0.05) is 25.2 Å². The summed E-state index contributed by atoms with van der Waals surface area (Å²) in [5.41, 5.74) is 1.59. The van der Waals surface area contributed by atoms with Gasteiger partial charge in [0.1, 0.15) is 0 Å². The molecule has 6 nitrogen and oxygen atoms in total. The van der Waals surface area contributed by atoms with Crippen LogP contribution in [0.5, 0.6) is 0 Å². The number of nitriles is 1. The lowest BCUT2D eigenvalue weighted by atomic mass is 9.96. The molecule has 2 aromatic rings. The standard InChI is InChI=1S/C18H19N3O3/c1-20(12-14-5-3-2-4-6-14)13-16(11-19)18(22)15-7-9-17(10-8-15)21(23)24/h2-10,16,18,22H,12-13H2,1H3/t16-,18-/m1/s1. The fourth-order valence-electron chi connectivity index (χ4n) is 2.53. The fourth-order valence-corrected chi connectivity index (χ4v) is 2.53. The van der Waals surface area contributed by atoms with Crippen molar-refractivity contribution in [2.45, 2.75) is 12.6 Å². The van der Waals surface area contributed by atoms with Gasteiger partial charge in [-0.25, -0.2) is 0 Å². The molecule has 0 aliphatic carbocycles. The van der Waals surface area contributed by atoms with E-state index in [-0.39, 0.29) is 5.69 Å². The molecule has 2 aromatic carbocycles. The van der Waals surface area contributed by atoms with Crippen LogP contribution in [0.2, 0.25) is 0 Å². The predicted molar refractivity (Wildman–Crippen MR) is 89.9 cm³/mol. The molecule has 0 unspecified atom stereocenters. The van der Waals surface area contributed by atoms with Crippen LogP contribution in [0.1, 0.15) is 17.2 Å². The summed E-state index contributed by atoms with van der Waals surface area (Å²) in [4.78, 5) is 12.2. The van der Waals surface area contributed by atoms with Gasteiger partial charge in [0.25, 0.3) is 5.69 Å². The molecule has 124 valence electrons. The van der Waals surface area contributed by atoms with Crippen LogP contribution >= 0.6 is 0 Å². The van der Waals surface area contributed by atoms with E-state index < -0.39 is 16.9 Å². The zero-order valence-corrected chi connectivity index (χ0v) is 13.4. The van der Waals surface area contributed by atoms with Crippen LogP contribution in [0, 0.1) is 27.4 Å². The lowest BCUT2D eigenvalue weighted by molar-refractivity contribution is -0.384. The Balaban J connectivity index is 2.01. The number of aliphatic hydroxyl groups excluding tert-OH is 1. The molecule has 0 radical (unpaired) electrons. The molecule has 0 amide bonds. The minimum Gasteiger partial charge on any atom is -0.387 e. The van der Waals surface area contributed by atoms with Crippen molar-refractivity contribution in [3.63, 3.8) is 0 Å². The van der Waals surface area contributed by atoms with Crippen LogP contribution in [-0.4, -0.2) is 28.5 Å². The number of benzene rings is 2. The quantitative estimate of drug-likeness (QED) is 0.624. The van der Waals surface area contributed by atoms with Gasteiger partial charge in [-0.2, -0.15) is 5.26 Å². The van der Waals surface area contributed by atoms with Crippen LogP contribution < -0.4 is 0 Å². The SMILES string of the molecule is CN(Cc1ccccc1)C[C@@H](C#N)[C@H](O)c1ccc([N+](=O)[O-])cc1. The van der Waals surface area contributed by atoms with E-state index in [0.29, 0.717) is 18.7 Å². The van der Waals surface area contributed by atoms with Crippen molar-refractivity contribution in [1.29, 1.82) is 5.26 Å². The second kappa shape index (κ2) is 8.20. The van der Waals surface area contributed by atoms with Crippen LogP contribution in [0.4, 0.5) is 5.69 Å². The van der Waals surface area contributed by atoms with Gasteiger partial charge in [-0.05, 0) is 30.3 Å². The number of hydrogen-bond acceptors (Lipinski definition) is 5. The Morgan fingerprint density at radius 3 is 2.38 bits per heavy atom. The summed E-state index contributed by atoms with van der Waals surface area (Å²) in [6, 6.07) is 17.6. The molecule has 6 heteroatoms. The summed E-state index contributed by atoms with van der Waals surface area (Å²) in [7, 11) is 1.89. The molecule has 0 saturated carbocycles. The third-order valence-electron chi connectivity index (χ3n) is 3.80. The first-order valence-electron chi connectivity index (χ1n) is 7.55. The zero-order chi connectivity index (χ0) is 17.5. The average Bonchev–Trinajstić information content (AvgIpc) is 2.60. The Labute approximate surface area is 140 Å². The van der Waals surface area contributed by atoms with Crippen LogP contribution in [0.25, 0.3) is 0 Å². The highest BCUT2D eigenvalue weighted by atomic mass is 16.6. The Bertz CT molecular complexity index is 711. The van der Waals surface area contributed by atoms with E-state index in [1.54, 1.807) is 0 Å². The molecular weight excluding hydrogens is 306 g/mol. The van der Waals surface area contributed by atoms with Gasteiger partial charge in [0.15, 0.2) is 0 Å². The fraction of sp³-hybridized carbons (Fsp3) is 0.278. The molecule has 0 aromatic heterocycles. The van der Waals surface area contributed by atoms with Gasteiger partial charge in [0.2, 0.25) is 0 Å². The third-order valence-corrected chi connectivity index (χ3v) is 3.80. The summed E-state index contributed by atoms with van der Waals surface area (Å²) < 4.78 is 0. The maximum Gasteiger partial charge on any atom is 0.269 e. The highest BCUT2D eigenvalue weighted by Gasteiger charge is 2.23. The van der Waals surface area contributed by atoms with Crippen LogP contribution in [0.15, 0.2) is 54.6 Å². The van der Waals surface area contributed by atoms with Gasteiger partial charge < -0.3 is 10.0 Å². The number of rotatable bonds is 7. The Kier molecular flexibility index (Phi) is 6.01. The first-order chi connectivity index (χ1) is 11.5. The van der Waals surface area contributed by atoms with E-state index in [1.807, 2.05) is 42.3 Å². The van der Waals surface area contributed by atoms with Crippen LogP contribution in [0.3, 0.4) is 0 Å². The van der Waals surface area contributed by atoms with Crippen molar-refractivity contribution in [3.8, 4) is 6.07 Å². The molecule has 1 N–H and O–H groups in total. The summed E-state index contributed by atoms with van der Waals surface area (Å²) in [6.45, 7) is 1.07. The van der Waals surface area contributed by atoms with Gasteiger partial charge in [0.05, 0.1) is 23.0 Å². The Hall–Kier alpha value is -2.75. The summed E-state index contributed by atoms with van der Waals surface area (Å²) in [5.74, 6) is -0.625. The Morgan fingerprint density at radius 1 is 1.21 bits per heavy atom. The summed E-state index contributed by atoms with van der Waals surface area (Å²) >= 11 is 0. The largest absolute Gasteiger partial charge is 0.387 e. The molecule has 0 aliphatic heterocycles. The maximum absolute atomic E-state index is 10.7. The van der Waals surface area contributed by atoms with Crippen molar-refractivity contribution >= 4 is 5.69 Å². The zero-order valence-electron chi connectivity index (χ0n) is 13.4. The van der Waals surface area contributed by atoms with E-state index >= 15 is 0 Å². The van der Waals surface area contributed by atoms with E-state index in [4.69, 9.17) is 0 Å². The van der Waals surface area contributed by atoms with Crippen molar-refractivity contribution < 1.29 is 10.0 Å². The van der Waals surface area contributed by atoms with Crippen molar-refractivity contribution in [3.05, 3.63) is 75.8 Å². The molecule has 0 fully saturated rings. The second-order valence-electron chi connectivity index (χ2n) is 5.71. The molecular formula is C18H19N3O3. The number of non-ortho nitro benzene ring substituents is 1. The Morgan fingerprint density at radius 2 is 1.83 bits per heavy atom. The minimum absolute atomic E-state index is 0.0411. The van der Waals surface area contributed by atoms with Gasteiger partial charge in [-0.1, -0.05) is 30.3 Å². The number of hydrogen-bond donors (Lipinski definition) is 1. The van der Waals surface area contributed by atoms with Gasteiger partial charge >= 0.3 is 0 Å². The van der Waals surface area contributed by atoms with Crippen molar-refractivity contribution in [2.75, 3.05) is 13.6 Å². The molecule has 0 spiro atoms. The molecule has 2 atom stereocenters.